The van der Waals surface area contributed by atoms with Gasteiger partial charge in [-0.1, -0.05) is 11.8 Å². The Hall–Kier alpha value is -0.670. The van der Waals surface area contributed by atoms with Crippen molar-refractivity contribution in [2.24, 2.45) is 0 Å². The van der Waals surface area contributed by atoms with Gasteiger partial charge in [-0.15, -0.1) is 0 Å². The smallest absolute Gasteiger partial charge is 0.118 e. The van der Waals surface area contributed by atoms with Crippen molar-refractivity contribution >= 4 is 11.8 Å². The summed E-state index contributed by atoms with van der Waals surface area (Å²) in [5.74, 6) is 0.296. The van der Waals surface area contributed by atoms with E-state index in [1.54, 1.807) is 19.1 Å². The van der Waals surface area contributed by atoms with Gasteiger partial charge >= 0.3 is 0 Å². The molecule has 0 heterocycles. The summed E-state index contributed by atoms with van der Waals surface area (Å²) >= 11 is 1.37. The van der Waals surface area contributed by atoms with Crippen LogP contribution in [0.2, 0.25) is 0 Å². The van der Waals surface area contributed by atoms with Gasteiger partial charge in [-0.3, -0.25) is 0 Å². The van der Waals surface area contributed by atoms with Gasteiger partial charge in [0, 0.05) is 4.90 Å². The molecule has 3 heteroatoms. The monoisotopic (exact) mass is 184 g/mol. The van der Waals surface area contributed by atoms with Crippen LogP contribution < -0.4 is 0 Å². The van der Waals surface area contributed by atoms with Crippen LogP contribution >= 0.6 is 11.8 Å². The van der Waals surface area contributed by atoms with Crippen molar-refractivity contribution < 1.29 is 10.2 Å². The number of phenols is 1. The molecule has 1 unspecified atom stereocenters. The molecule has 1 rings (SSSR count). The lowest BCUT2D eigenvalue weighted by Crippen LogP contribution is -1.90. The van der Waals surface area contributed by atoms with Gasteiger partial charge < -0.3 is 10.2 Å². The third kappa shape index (κ3) is 2.43. The van der Waals surface area contributed by atoms with Gasteiger partial charge in [0.15, 0.2) is 0 Å². The van der Waals surface area contributed by atoms with Crippen LogP contribution in [0.3, 0.4) is 0 Å². The molecule has 0 fully saturated rings. The van der Waals surface area contributed by atoms with Crippen LogP contribution in [0.5, 0.6) is 5.75 Å². The Morgan fingerprint density at radius 3 is 2.58 bits per heavy atom. The van der Waals surface area contributed by atoms with Gasteiger partial charge in [0.1, 0.15) is 11.2 Å². The summed E-state index contributed by atoms with van der Waals surface area (Å²) in [6.45, 7) is 3.55. The molecule has 0 amide bonds. The third-order valence-electron chi connectivity index (χ3n) is 1.47. The van der Waals surface area contributed by atoms with Crippen LogP contribution in [0.15, 0.2) is 23.1 Å². The Morgan fingerprint density at radius 1 is 1.42 bits per heavy atom. The highest BCUT2D eigenvalue weighted by Crippen LogP contribution is 2.26. The lowest BCUT2D eigenvalue weighted by Gasteiger charge is -2.05. The van der Waals surface area contributed by atoms with E-state index in [4.69, 9.17) is 5.11 Å². The molecule has 0 aromatic heterocycles. The molecule has 12 heavy (non-hydrogen) atoms. The average molecular weight is 184 g/mol. The Kier molecular flexibility index (Phi) is 3.00. The summed E-state index contributed by atoms with van der Waals surface area (Å²) in [5.41, 5.74) is 0.426. The van der Waals surface area contributed by atoms with E-state index in [2.05, 4.69) is 0 Å². The highest BCUT2D eigenvalue weighted by molar-refractivity contribution is 7.99. The molecule has 0 saturated heterocycles. The van der Waals surface area contributed by atoms with E-state index < -0.39 is 5.44 Å². The fraction of sp³-hybridized carbons (Fsp3) is 0.333. The van der Waals surface area contributed by atoms with E-state index in [9.17, 15) is 5.11 Å². The van der Waals surface area contributed by atoms with Gasteiger partial charge in [-0.2, -0.15) is 0 Å². The second-order valence-corrected chi connectivity index (χ2v) is 4.05. The maximum Gasteiger partial charge on any atom is 0.118 e. The number of thioether (sulfide) groups is 1. The second kappa shape index (κ2) is 3.83. The molecule has 2 N–H and O–H groups in total. The van der Waals surface area contributed by atoms with Crippen molar-refractivity contribution in [2.75, 3.05) is 0 Å². The number of rotatable bonds is 2. The quantitative estimate of drug-likeness (QED) is 0.546. The summed E-state index contributed by atoms with van der Waals surface area (Å²) in [7, 11) is 0. The van der Waals surface area contributed by atoms with Crippen molar-refractivity contribution in [1.29, 1.82) is 0 Å². The molecule has 1 aromatic rings. The predicted octanol–water partition coefficient (Wildman–Crippen LogP) is 2.13. The minimum atomic E-state index is -0.408. The molecule has 1 aromatic carbocycles. The highest BCUT2D eigenvalue weighted by Gasteiger charge is 2.01. The Bertz CT molecular complexity index is 271. The second-order valence-electron chi connectivity index (χ2n) is 2.67. The van der Waals surface area contributed by atoms with Crippen LogP contribution in [0.25, 0.3) is 0 Å². The Morgan fingerprint density at radius 2 is 2.08 bits per heavy atom. The van der Waals surface area contributed by atoms with Gasteiger partial charge in [-0.25, -0.2) is 0 Å². The first-order chi connectivity index (χ1) is 5.59. The number of hydrogen-bond acceptors (Lipinski definition) is 3. The summed E-state index contributed by atoms with van der Waals surface area (Å²) in [5, 5.41) is 18.3. The van der Waals surface area contributed by atoms with Crippen molar-refractivity contribution in [3.63, 3.8) is 0 Å². The van der Waals surface area contributed by atoms with E-state index in [0.717, 1.165) is 10.5 Å². The van der Waals surface area contributed by atoms with Gasteiger partial charge in [0.25, 0.3) is 0 Å². The zero-order chi connectivity index (χ0) is 9.14. The average Bonchev–Trinajstić information content (AvgIpc) is 1.96. The largest absolute Gasteiger partial charge is 0.508 e. The number of benzene rings is 1. The van der Waals surface area contributed by atoms with Gasteiger partial charge in [-0.05, 0) is 37.6 Å². The number of aliphatic hydroxyl groups excluding tert-OH is 1. The first kappa shape index (κ1) is 9.42. The maximum absolute atomic E-state index is 9.21. The number of phenolic OH excluding ortho intramolecular Hbond substituents is 1. The zero-order valence-electron chi connectivity index (χ0n) is 7.11. The lowest BCUT2D eigenvalue weighted by molar-refractivity contribution is 0.284. The van der Waals surface area contributed by atoms with E-state index in [0.29, 0.717) is 5.75 Å². The number of aryl methyl sites for hydroxylation is 1. The Labute approximate surface area is 76.2 Å². The number of aliphatic hydroxyl groups is 1. The summed E-state index contributed by atoms with van der Waals surface area (Å²) in [6, 6.07) is 5.28. The topological polar surface area (TPSA) is 40.5 Å². The van der Waals surface area contributed by atoms with Crippen LogP contribution in [0.1, 0.15) is 12.5 Å². The molecular formula is C9H12O2S. The number of aromatic hydroxyl groups is 1. The molecule has 0 saturated carbocycles. The molecular weight excluding hydrogens is 172 g/mol. The zero-order valence-corrected chi connectivity index (χ0v) is 7.93. The van der Waals surface area contributed by atoms with Crippen molar-refractivity contribution in [1.82, 2.24) is 0 Å². The summed E-state index contributed by atoms with van der Waals surface area (Å²) in [4.78, 5) is 0.973. The molecule has 0 bridgehead atoms. The molecule has 0 radical (unpaired) electrons. The van der Waals surface area contributed by atoms with Crippen molar-refractivity contribution in [2.45, 2.75) is 24.2 Å². The van der Waals surface area contributed by atoms with Gasteiger partial charge in [0.2, 0.25) is 0 Å². The van der Waals surface area contributed by atoms with Crippen molar-refractivity contribution in [3.05, 3.63) is 23.8 Å². The van der Waals surface area contributed by atoms with E-state index in [1.807, 2.05) is 13.0 Å². The molecule has 0 aliphatic carbocycles. The van der Waals surface area contributed by atoms with E-state index >= 15 is 0 Å². The molecule has 0 aliphatic heterocycles. The Balaban J connectivity index is 2.82. The maximum atomic E-state index is 9.21. The van der Waals surface area contributed by atoms with Crippen LogP contribution in [-0.4, -0.2) is 15.6 Å². The van der Waals surface area contributed by atoms with Crippen LogP contribution in [0, 0.1) is 6.92 Å². The molecule has 0 spiro atoms. The standard InChI is InChI=1S/C9H12O2S/c1-6-5-8(12-7(2)10)3-4-9(6)11/h3-5,7,10-11H,1-2H3. The normalized spacial score (nSPS) is 12.9. The minimum absolute atomic E-state index is 0.296. The summed E-state index contributed by atoms with van der Waals surface area (Å²) in [6.07, 6.45) is 0. The molecule has 1 atom stereocenters. The molecule has 2 nitrogen and oxygen atoms in total. The van der Waals surface area contributed by atoms with Crippen LogP contribution in [0.4, 0.5) is 0 Å². The minimum Gasteiger partial charge on any atom is -0.508 e. The fourth-order valence-corrected chi connectivity index (χ4v) is 1.68. The van der Waals surface area contributed by atoms with Gasteiger partial charge in [0.05, 0.1) is 0 Å². The first-order valence-electron chi connectivity index (χ1n) is 3.74. The fourth-order valence-electron chi connectivity index (χ4n) is 0.898. The third-order valence-corrected chi connectivity index (χ3v) is 2.34. The van der Waals surface area contributed by atoms with Crippen LogP contribution in [-0.2, 0) is 0 Å². The van der Waals surface area contributed by atoms with E-state index in [-0.39, 0.29) is 0 Å². The predicted molar refractivity (Wildman–Crippen MR) is 50.4 cm³/mol. The summed E-state index contributed by atoms with van der Waals surface area (Å²) < 4.78 is 0. The van der Waals surface area contributed by atoms with E-state index in [1.165, 1.54) is 11.8 Å². The first-order valence-corrected chi connectivity index (χ1v) is 4.62. The molecule has 66 valence electrons. The highest BCUT2D eigenvalue weighted by atomic mass is 32.2. The lowest BCUT2D eigenvalue weighted by atomic mass is 10.2. The molecule has 0 aliphatic rings. The SMILES string of the molecule is Cc1cc(SC(C)O)ccc1O. The van der Waals surface area contributed by atoms with Crippen molar-refractivity contribution in [3.8, 4) is 5.75 Å². The number of hydrogen-bond donors (Lipinski definition) is 2.